The minimum atomic E-state index is -0.166. The van der Waals surface area contributed by atoms with Gasteiger partial charge in [0.15, 0.2) is 10.9 Å². The molecule has 0 aliphatic carbocycles. The summed E-state index contributed by atoms with van der Waals surface area (Å²) in [5.74, 6) is 0.191. The number of Topliss-reactive ketones (excluding diaryl/α,β-unsaturated/α-hetero) is 1. The zero-order valence-electron chi connectivity index (χ0n) is 16.0. The van der Waals surface area contributed by atoms with Crippen LogP contribution in [-0.4, -0.2) is 34.8 Å². The largest absolute Gasteiger partial charge is 0.383 e. The lowest BCUT2D eigenvalue weighted by Crippen LogP contribution is -2.25. The van der Waals surface area contributed by atoms with Gasteiger partial charge in [-0.2, -0.15) is 0 Å². The molecule has 0 radical (unpaired) electrons. The molecule has 0 bridgehead atoms. The molecule has 0 aliphatic heterocycles. The molecule has 28 heavy (non-hydrogen) atoms. The van der Waals surface area contributed by atoms with E-state index in [-0.39, 0.29) is 17.1 Å². The Labute approximate surface area is 172 Å². The molecule has 0 atom stereocenters. The van der Waals surface area contributed by atoms with Gasteiger partial charge in [-0.3, -0.25) is 14.2 Å². The van der Waals surface area contributed by atoms with Crippen LogP contribution in [0.2, 0.25) is 5.02 Å². The quantitative estimate of drug-likeness (QED) is 0.326. The number of fused-ring (bicyclic) bond motifs is 1. The highest BCUT2D eigenvalue weighted by Crippen LogP contribution is 2.22. The van der Waals surface area contributed by atoms with Crippen molar-refractivity contribution in [2.45, 2.75) is 25.5 Å². The summed E-state index contributed by atoms with van der Waals surface area (Å²) < 4.78 is 6.68. The molecule has 0 saturated carbocycles. The average molecular weight is 417 g/mol. The third-order valence-corrected chi connectivity index (χ3v) is 5.63. The molecule has 7 heteroatoms. The Morgan fingerprint density at radius 1 is 1.21 bits per heavy atom. The fourth-order valence-corrected chi connectivity index (χ4v) is 4.07. The monoisotopic (exact) mass is 416 g/mol. The Bertz CT molecular complexity index is 1090. The number of hydrogen-bond acceptors (Lipinski definition) is 5. The molecule has 0 spiro atoms. The van der Waals surface area contributed by atoms with Gasteiger partial charge in [0.2, 0.25) is 0 Å². The van der Waals surface area contributed by atoms with E-state index in [0.29, 0.717) is 39.8 Å². The van der Waals surface area contributed by atoms with Crippen LogP contribution in [-0.2, 0) is 11.3 Å². The maximum absolute atomic E-state index is 12.9. The number of rotatable bonds is 7. The van der Waals surface area contributed by atoms with Gasteiger partial charge in [0, 0.05) is 17.7 Å². The summed E-state index contributed by atoms with van der Waals surface area (Å²) in [5, 5.41) is 1.48. The van der Waals surface area contributed by atoms with Crippen LogP contribution in [0.1, 0.15) is 21.5 Å². The number of ether oxygens (including phenoxy) is 1. The van der Waals surface area contributed by atoms with E-state index < -0.39 is 0 Å². The summed E-state index contributed by atoms with van der Waals surface area (Å²) in [7, 11) is 1.58. The van der Waals surface area contributed by atoms with Crippen molar-refractivity contribution < 1.29 is 9.53 Å². The van der Waals surface area contributed by atoms with Gasteiger partial charge in [-0.15, -0.1) is 0 Å². The first-order valence-electron chi connectivity index (χ1n) is 8.83. The number of benzene rings is 2. The van der Waals surface area contributed by atoms with E-state index in [0.717, 1.165) is 11.1 Å². The first-order valence-corrected chi connectivity index (χ1v) is 10.2. The number of hydrogen-bond donors (Lipinski definition) is 0. The van der Waals surface area contributed by atoms with Gasteiger partial charge >= 0.3 is 0 Å². The van der Waals surface area contributed by atoms with Crippen LogP contribution in [0.3, 0.4) is 0 Å². The van der Waals surface area contributed by atoms with Gasteiger partial charge in [-0.25, -0.2) is 4.98 Å². The van der Waals surface area contributed by atoms with Crippen LogP contribution >= 0.6 is 23.4 Å². The summed E-state index contributed by atoms with van der Waals surface area (Å²) in [4.78, 5) is 30.2. The standard InChI is InChI=1S/C21H21ClN2O3S/c1-13-4-6-16(14(2)10-13)19(25)12-28-21-23-18-11-15(22)5-7-17(18)20(26)24(21)8-9-27-3/h4-7,10-11H,8-9,12H2,1-3H3. The van der Waals surface area contributed by atoms with Crippen molar-refractivity contribution in [3.63, 3.8) is 0 Å². The lowest BCUT2D eigenvalue weighted by Gasteiger charge is -2.13. The highest BCUT2D eigenvalue weighted by Gasteiger charge is 2.15. The van der Waals surface area contributed by atoms with Crippen molar-refractivity contribution in [1.29, 1.82) is 0 Å². The minimum absolute atomic E-state index is 0.00114. The molecular weight excluding hydrogens is 396 g/mol. The molecule has 0 fully saturated rings. The number of methoxy groups -OCH3 is 1. The van der Waals surface area contributed by atoms with Crippen molar-refractivity contribution in [3.8, 4) is 0 Å². The smallest absolute Gasteiger partial charge is 0.262 e. The van der Waals surface area contributed by atoms with Crippen LogP contribution in [0.15, 0.2) is 46.3 Å². The second kappa shape index (κ2) is 8.90. The Morgan fingerprint density at radius 2 is 2.00 bits per heavy atom. The van der Waals surface area contributed by atoms with Crippen molar-refractivity contribution in [1.82, 2.24) is 9.55 Å². The Hall–Kier alpha value is -2.15. The predicted octanol–water partition coefficient (Wildman–Crippen LogP) is 4.29. The second-order valence-electron chi connectivity index (χ2n) is 6.54. The summed E-state index contributed by atoms with van der Waals surface area (Å²) >= 11 is 7.31. The van der Waals surface area contributed by atoms with Crippen LogP contribution < -0.4 is 5.56 Å². The molecule has 1 aromatic heterocycles. The number of aromatic nitrogens is 2. The van der Waals surface area contributed by atoms with Crippen molar-refractivity contribution in [3.05, 3.63) is 68.5 Å². The van der Waals surface area contributed by atoms with Crippen LogP contribution in [0.5, 0.6) is 0 Å². The van der Waals surface area contributed by atoms with E-state index in [1.54, 1.807) is 29.9 Å². The lowest BCUT2D eigenvalue weighted by atomic mass is 10.0. The van der Waals surface area contributed by atoms with Gasteiger partial charge in [0.25, 0.3) is 5.56 Å². The van der Waals surface area contributed by atoms with Crippen LogP contribution in [0, 0.1) is 13.8 Å². The predicted molar refractivity (Wildman–Crippen MR) is 114 cm³/mol. The molecule has 146 valence electrons. The Morgan fingerprint density at radius 3 is 2.71 bits per heavy atom. The minimum Gasteiger partial charge on any atom is -0.383 e. The number of carbonyl (C=O) groups excluding carboxylic acids is 1. The summed E-state index contributed by atoms with van der Waals surface area (Å²) in [5.41, 5.74) is 3.10. The van der Waals surface area contributed by atoms with E-state index >= 15 is 0 Å². The maximum Gasteiger partial charge on any atom is 0.262 e. The zero-order valence-corrected chi connectivity index (χ0v) is 17.6. The number of thioether (sulfide) groups is 1. The highest BCUT2D eigenvalue weighted by molar-refractivity contribution is 7.99. The fraction of sp³-hybridized carbons (Fsp3) is 0.286. The molecule has 2 aromatic carbocycles. The molecule has 3 rings (SSSR count). The molecule has 3 aromatic rings. The third kappa shape index (κ3) is 4.46. The third-order valence-electron chi connectivity index (χ3n) is 4.42. The Balaban J connectivity index is 1.94. The van der Waals surface area contributed by atoms with E-state index in [9.17, 15) is 9.59 Å². The molecule has 0 N–H and O–H groups in total. The number of nitrogens with zero attached hydrogens (tertiary/aromatic N) is 2. The van der Waals surface area contributed by atoms with Gasteiger partial charge in [-0.05, 0) is 37.6 Å². The SMILES string of the molecule is COCCn1c(SCC(=O)c2ccc(C)cc2C)nc2cc(Cl)ccc2c1=O. The average Bonchev–Trinajstić information content (AvgIpc) is 2.65. The van der Waals surface area contributed by atoms with E-state index in [4.69, 9.17) is 16.3 Å². The molecule has 0 amide bonds. The van der Waals surface area contributed by atoms with Crippen molar-refractivity contribution in [2.75, 3.05) is 19.5 Å². The van der Waals surface area contributed by atoms with Crippen molar-refractivity contribution in [2.24, 2.45) is 0 Å². The van der Waals surface area contributed by atoms with Gasteiger partial charge in [0.05, 0.1) is 29.8 Å². The van der Waals surface area contributed by atoms with E-state index in [1.165, 1.54) is 11.8 Å². The summed E-state index contributed by atoms with van der Waals surface area (Å²) in [6, 6.07) is 10.8. The second-order valence-corrected chi connectivity index (χ2v) is 7.91. The molecule has 0 unspecified atom stereocenters. The zero-order chi connectivity index (χ0) is 20.3. The molecule has 5 nitrogen and oxygen atoms in total. The molecule has 1 heterocycles. The first kappa shape index (κ1) is 20.6. The Kier molecular flexibility index (Phi) is 6.54. The molecule has 0 aliphatic rings. The van der Waals surface area contributed by atoms with Gasteiger partial charge in [-0.1, -0.05) is 47.1 Å². The number of carbonyl (C=O) groups is 1. The molecular formula is C21H21ClN2O3S. The maximum atomic E-state index is 12.9. The van der Waals surface area contributed by atoms with Gasteiger partial charge in [0.1, 0.15) is 0 Å². The number of halogens is 1. The first-order chi connectivity index (χ1) is 13.4. The van der Waals surface area contributed by atoms with Crippen LogP contribution in [0.25, 0.3) is 10.9 Å². The van der Waals surface area contributed by atoms with Crippen LogP contribution in [0.4, 0.5) is 0 Å². The normalized spacial score (nSPS) is 11.1. The topological polar surface area (TPSA) is 61.2 Å². The summed E-state index contributed by atoms with van der Waals surface area (Å²) in [6.07, 6.45) is 0. The molecule has 0 saturated heterocycles. The highest BCUT2D eigenvalue weighted by atomic mass is 35.5. The number of aryl methyl sites for hydroxylation is 2. The fourth-order valence-electron chi connectivity index (χ4n) is 3.00. The van der Waals surface area contributed by atoms with Gasteiger partial charge < -0.3 is 4.74 Å². The van der Waals surface area contributed by atoms with E-state index in [2.05, 4.69) is 4.98 Å². The van der Waals surface area contributed by atoms with Crippen molar-refractivity contribution >= 4 is 40.0 Å². The number of ketones is 1. The summed E-state index contributed by atoms with van der Waals surface area (Å²) in [6.45, 7) is 4.66. The lowest BCUT2D eigenvalue weighted by molar-refractivity contribution is 0.102. The van der Waals surface area contributed by atoms with E-state index in [1.807, 2.05) is 32.0 Å².